The Morgan fingerprint density at radius 1 is 1.65 bits per heavy atom. The molecular formula is C15H18N2O2S. The van der Waals surface area contributed by atoms with E-state index >= 15 is 0 Å². The molecule has 2 heterocycles. The number of nitrogens with one attached hydrogen (secondary N) is 1. The Kier molecular flexibility index (Phi) is 5.33. The van der Waals surface area contributed by atoms with Crippen LogP contribution in [0.15, 0.2) is 17.7 Å². The second kappa shape index (κ2) is 7.22. The average molecular weight is 290 g/mol. The minimum atomic E-state index is -0.325. The third-order valence-corrected chi connectivity index (χ3v) is 4.37. The maximum Gasteiger partial charge on any atom is 0.262 e. The first-order valence-corrected chi connectivity index (χ1v) is 7.65. The van der Waals surface area contributed by atoms with Gasteiger partial charge in [0, 0.05) is 22.9 Å². The number of hydrogen-bond donors (Lipinski definition) is 1. The molecule has 1 atom stereocenters. The third-order valence-electron chi connectivity index (χ3n) is 3.20. The van der Waals surface area contributed by atoms with Crippen molar-refractivity contribution >= 4 is 23.3 Å². The van der Waals surface area contributed by atoms with E-state index in [9.17, 15) is 4.79 Å². The van der Waals surface area contributed by atoms with Gasteiger partial charge < -0.3 is 10.1 Å². The quantitative estimate of drug-likeness (QED) is 0.669. The summed E-state index contributed by atoms with van der Waals surface area (Å²) in [4.78, 5) is 14.1. The minimum Gasteiger partial charge on any atom is -0.376 e. The Labute approximate surface area is 123 Å². The summed E-state index contributed by atoms with van der Waals surface area (Å²) >= 11 is 1.61. The second-order valence-corrected chi connectivity index (χ2v) is 5.87. The van der Waals surface area contributed by atoms with Crippen LogP contribution >= 0.6 is 11.3 Å². The Bertz CT molecular complexity index is 536. The number of carbonyl (C=O) groups excluding carboxylic acids is 1. The fourth-order valence-electron chi connectivity index (χ4n) is 2.06. The molecule has 4 nitrogen and oxygen atoms in total. The molecule has 2 rings (SSSR count). The van der Waals surface area contributed by atoms with E-state index in [0.717, 1.165) is 30.7 Å². The van der Waals surface area contributed by atoms with Gasteiger partial charge >= 0.3 is 0 Å². The van der Waals surface area contributed by atoms with Crippen molar-refractivity contribution in [1.29, 1.82) is 5.26 Å². The Hall–Kier alpha value is -1.64. The molecular weight excluding hydrogens is 272 g/mol. The normalized spacial score (nSPS) is 18.8. The number of hydrogen-bond acceptors (Lipinski definition) is 4. The molecule has 20 heavy (non-hydrogen) atoms. The molecule has 1 aromatic heterocycles. The molecule has 5 heteroatoms. The van der Waals surface area contributed by atoms with Crippen LogP contribution < -0.4 is 5.32 Å². The van der Waals surface area contributed by atoms with Crippen LogP contribution in [0.4, 0.5) is 0 Å². The summed E-state index contributed by atoms with van der Waals surface area (Å²) in [6, 6.07) is 5.93. The number of rotatable bonds is 5. The summed E-state index contributed by atoms with van der Waals surface area (Å²) in [5.41, 5.74) is 0.146. The lowest BCUT2D eigenvalue weighted by Crippen LogP contribution is -2.32. The van der Waals surface area contributed by atoms with Crippen molar-refractivity contribution in [1.82, 2.24) is 5.32 Å². The standard InChI is InChI=1S/C15H18N2O2S/c1-2-13-5-6-14(20-13)8-11(9-16)15(18)17-10-12-4-3-7-19-12/h5-6,8,12H,2-4,7,10H2,1H3,(H,17,18)/b11-8+. The molecule has 0 aliphatic carbocycles. The zero-order valence-electron chi connectivity index (χ0n) is 11.5. The van der Waals surface area contributed by atoms with Crippen molar-refractivity contribution < 1.29 is 9.53 Å². The molecule has 106 valence electrons. The molecule has 1 N–H and O–H groups in total. The highest BCUT2D eigenvalue weighted by atomic mass is 32.1. The van der Waals surface area contributed by atoms with E-state index in [2.05, 4.69) is 12.2 Å². The maximum atomic E-state index is 12.0. The average Bonchev–Trinajstić information content (AvgIpc) is 3.13. The summed E-state index contributed by atoms with van der Waals surface area (Å²) in [5, 5.41) is 11.9. The summed E-state index contributed by atoms with van der Waals surface area (Å²) in [7, 11) is 0. The largest absolute Gasteiger partial charge is 0.376 e. The van der Waals surface area contributed by atoms with Gasteiger partial charge in [0.15, 0.2) is 0 Å². The van der Waals surface area contributed by atoms with E-state index in [4.69, 9.17) is 10.00 Å². The van der Waals surface area contributed by atoms with Crippen LogP contribution in [0.2, 0.25) is 0 Å². The summed E-state index contributed by atoms with van der Waals surface area (Å²) in [6.07, 6.45) is 4.71. The van der Waals surface area contributed by atoms with E-state index < -0.39 is 0 Å². The molecule has 1 saturated heterocycles. The number of aryl methyl sites for hydroxylation is 1. The Morgan fingerprint density at radius 2 is 2.50 bits per heavy atom. The number of amides is 1. The molecule has 0 saturated carbocycles. The number of carbonyl (C=O) groups is 1. The van der Waals surface area contributed by atoms with E-state index in [0.29, 0.717) is 6.54 Å². The van der Waals surface area contributed by atoms with E-state index in [-0.39, 0.29) is 17.6 Å². The van der Waals surface area contributed by atoms with Crippen LogP contribution in [-0.2, 0) is 16.0 Å². The number of nitriles is 1. The predicted molar refractivity (Wildman–Crippen MR) is 79.3 cm³/mol. The lowest BCUT2D eigenvalue weighted by molar-refractivity contribution is -0.117. The van der Waals surface area contributed by atoms with Crippen LogP contribution in [0.1, 0.15) is 29.5 Å². The minimum absolute atomic E-state index is 0.0901. The van der Waals surface area contributed by atoms with Crippen molar-refractivity contribution in [2.45, 2.75) is 32.3 Å². The van der Waals surface area contributed by atoms with Crippen molar-refractivity contribution in [3.63, 3.8) is 0 Å². The van der Waals surface area contributed by atoms with Gasteiger partial charge in [0.2, 0.25) is 0 Å². The van der Waals surface area contributed by atoms with Gasteiger partial charge in [-0.25, -0.2) is 0 Å². The first-order valence-electron chi connectivity index (χ1n) is 6.83. The molecule has 1 amide bonds. The lowest BCUT2D eigenvalue weighted by Gasteiger charge is -2.09. The smallest absolute Gasteiger partial charge is 0.262 e. The van der Waals surface area contributed by atoms with Crippen molar-refractivity contribution in [2.75, 3.05) is 13.2 Å². The molecule has 0 bridgehead atoms. The number of ether oxygens (including phenoxy) is 1. The number of thiophene rings is 1. The highest BCUT2D eigenvalue weighted by molar-refractivity contribution is 7.12. The van der Waals surface area contributed by atoms with E-state index in [1.807, 2.05) is 18.2 Å². The molecule has 1 aliphatic heterocycles. The molecule has 1 fully saturated rings. The monoisotopic (exact) mass is 290 g/mol. The van der Waals surface area contributed by atoms with Crippen LogP contribution in [0.25, 0.3) is 6.08 Å². The van der Waals surface area contributed by atoms with Gasteiger partial charge in [-0.1, -0.05) is 6.92 Å². The van der Waals surface area contributed by atoms with Crippen molar-refractivity contribution in [2.24, 2.45) is 0 Å². The summed E-state index contributed by atoms with van der Waals surface area (Å²) in [5.74, 6) is -0.325. The van der Waals surface area contributed by atoms with Crippen LogP contribution in [0, 0.1) is 11.3 Å². The van der Waals surface area contributed by atoms with Gasteiger partial charge in [0.05, 0.1) is 6.10 Å². The summed E-state index contributed by atoms with van der Waals surface area (Å²) < 4.78 is 5.44. The zero-order chi connectivity index (χ0) is 14.4. The van der Waals surface area contributed by atoms with Gasteiger partial charge in [0.1, 0.15) is 11.6 Å². The second-order valence-electron chi connectivity index (χ2n) is 4.67. The predicted octanol–water partition coefficient (Wildman–Crippen LogP) is 2.51. The SMILES string of the molecule is CCc1ccc(/C=C(\C#N)C(=O)NCC2CCCO2)s1. The molecule has 1 aliphatic rings. The fourth-order valence-corrected chi connectivity index (χ4v) is 2.96. The maximum absolute atomic E-state index is 12.0. The Morgan fingerprint density at radius 3 is 3.10 bits per heavy atom. The van der Waals surface area contributed by atoms with Crippen LogP contribution in [0.3, 0.4) is 0 Å². The van der Waals surface area contributed by atoms with E-state index in [1.54, 1.807) is 17.4 Å². The molecule has 0 spiro atoms. The molecule has 0 aromatic carbocycles. The first kappa shape index (κ1) is 14.8. The van der Waals surface area contributed by atoms with Crippen molar-refractivity contribution in [3.8, 4) is 6.07 Å². The third kappa shape index (κ3) is 3.92. The fraction of sp³-hybridized carbons (Fsp3) is 0.467. The van der Waals surface area contributed by atoms with Gasteiger partial charge in [-0.2, -0.15) is 5.26 Å². The van der Waals surface area contributed by atoms with Gasteiger partial charge in [0.25, 0.3) is 5.91 Å². The molecule has 0 radical (unpaired) electrons. The van der Waals surface area contributed by atoms with Gasteiger partial charge in [-0.15, -0.1) is 11.3 Å². The topological polar surface area (TPSA) is 62.1 Å². The van der Waals surface area contributed by atoms with Gasteiger partial charge in [-0.3, -0.25) is 4.79 Å². The van der Waals surface area contributed by atoms with E-state index in [1.165, 1.54) is 4.88 Å². The lowest BCUT2D eigenvalue weighted by atomic mass is 10.2. The first-order chi connectivity index (χ1) is 9.72. The molecule has 1 aromatic rings. The number of nitrogens with zero attached hydrogens (tertiary/aromatic N) is 1. The molecule has 1 unspecified atom stereocenters. The zero-order valence-corrected chi connectivity index (χ0v) is 12.3. The Balaban J connectivity index is 1.95. The van der Waals surface area contributed by atoms with Crippen LogP contribution in [0.5, 0.6) is 0 Å². The highest BCUT2D eigenvalue weighted by Crippen LogP contribution is 2.19. The summed E-state index contributed by atoms with van der Waals surface area (Å²) in [6.45, 7) is 3.32. The van der Waals surface area contributed by atoms with Crippen molar-refractivity contribution in [3.05, 3.63) is 27.5 Å². The highest BCUT2D eigenvalue weighted by Gasteiger charge is 2.17. The van der Waals surface area contributed by atoms with Crippen LogP contribution in [-0.4, -0.2) is 25.2 Å². The van der Waals surface area contributed by atoms with Gasteiger partial charge in [-0.05, 0) is 37.5 Å².